The molecule has 78 valence electrons. The molecule has 1 N–H and O–H groups in total. The Labute approximate surface area is 83.3 Å². The highest BCUT2D eigenvalue weighted by Gasteiger charge is 2.33. The van der Waals surface area contributed by atoms with Gasteiger partial charge in [-0.2, -0.15) is 0 Å². The lowest BCUT2D eigenvalue weighted by Crippen LogP contribution is -2.34. The summed E-state index contributed by atoms with van der Waals surface area (Å²) >= 11 is 0. The highest BCUT2D eigenvalue weighted by atomic mass is 14.9. The van der Waals surface area contributed by atoms with Crippen molar-refractivity contribution in [1.29, 1.82) is 0 Å². The van der Waals surface area contributed by atoms with E-state index in [0.29, 0.717) is 11.5 Å². The predicted molar refractivity (Wildman–Crippen MR) is 58.9 cm³/mol. The van der Waals surface area contributed by atoms with Crippen LogP contribution in [0.3, 0.4) is 0 Å². The van der Waals surface area contributed by atoms with Gasteiger partial charge in [0.05, 0.1) is 0 Å². The standard InChI is InChI=1S/C12H25N/c1-5-10(2)13-9-11-7-6-8-12(11,3)4/h10-11,13H,5-9H2,1-4H3. The number of hydrogen-bond donors (Lipinski definition) is 1. The molecular formula is C12H25N. The van der Waals surface area contributed by atoms with Gasteiger partial charge in [0.1, 0.15) is 0 Å². The van der Waals surface area contributed by atoms with Crippen LogP contribution in [0.4, 0.5) is 0 Å². The van der Waals surface area contributed by atoms with E-state index in [1.54, 1.807) is 0 Å². The van der Waals surface area contributed by atoms with Crippen molar-refractivity contribution in [1.82, 2.24) is 5.32 Å². The second-order valence-electron chi connectivity index (χ2n) is 5.30. The molecule has 0 amide bonds. The Kier molecular flexibility index (Phi) is 3.78. The molecule has 0 bridgehead atoms. The predicted octanol–water partition coefficient (Wildman–Crippen LogP) is 3.20. The first-order valence-corrected chi connectivity index (χ1v) is 5.79. The minimum Gasteiger partial charge on any atom is -0.314 e. The molecule has 0 heterocycles. The van der Waals surface area contributed by atoms with E-state index in [2.05, 4.69) is 33.0 Å². The van der Waals surface area contributed by atoms with Crippen LogP contribution < -0.4 is 5.32 Å². The van der Waals surface area contributed by atoms with Crippen LogP contribution in [-0.2, 0) is 0 Å². The van der Waals surface area contributed by atoms with Gasteiger partial charge in [0.2, 0.25) is 0 Å². The van der Waals surface area contributed by atoms with Crippen molar-refractivity contribution in [3.63, 3.8) is 0 Å². The molecule has 0 aromatic heterocycles. The molecule has 0 radical (unpaired) electrons. The van der Waals surface area contributed by atoms with Gasteiger partial charge < -0.3 is 5.32 Å². The van der Waals surface area contributed by atoms with Crippen molar-refractivity contribution in [3.8, 4) is 0 Å². The molecule has 1 fully saturated rings. The van der Waals surface area contributed by atoms with Gasteiger partial charge in [-0.3, -0.25) is 0 Å². The summed E-state index contributed by atoms with van der Waals surface area (Å²) in [5.74, 6) is 0.904. The summed E-state index contributed by atoms with van der Waals surface area (Å²) in [5, 5.41) is 3.63. The lowest BCUT2D eigenvalue weighted by atomic mass is 9.82. The summed E-state index contributed by atoms with van der Waals surface area (Å²) in [5.41, 5.74) is 0.584. The smallest absolute Gasteiger partial charge is 0.00362 e. The third-order valence-corrected chi connectivity index (χ3v) is 3.80. The van der Waals surface area contributed by atoms with Gasteiger partial charge in [0, 0.05) is 6.04 Å². The van der Waals surface area contributed by atoms with Crippen LogP contribution in [0.25, 0.3) is 0 Å². The molecule has 1 rings (SSSR count). The molecule has 1 saturated carbocycles. The fraction of sp³-hybridized carbons (Fsp3) is 1.00. The molecule has 1 aliphatic rings. The van der Waals surface area contributed by atoms with Gasteiger partial charge in [-0.15, -0.1) is 0 Å². The minimum atomic E-state index is 0.584. The molecule has 1 aliphatic carbocycles. The van der Waals surface area contributed by atoms with E-state index in [4.69, 9.17) is 0 Å². The maximum Gasteiger partial charge on any atom is 0.00362 e. The van der Waals surface area contributed by atoms with Crippen LogP contribution in [0.5, 0.6) is 0 Å². The minimum absolute atomic E-state index is 0.584. The summed E-state index contributed by atoms with van der Waals surface area (Å²) in [7, 11) is 0. The van der Waals surface area contributed by atoms with Crippen molar-refractivity contribution >= 4 is 0 Å². The first kappa shape index (κ1) is 11.0. The number of rotatable bonds is 4. The topological polar surface area (TPSA) is 12.0 Å². The van der Waals surface area contributed by atoms with Crippen LogP contribution in [0.1, 0.15) is 53.4 Å². The highest BCUT2D eigenvalue weighted by Crippen LogP contribution is 2.42. The SMILES string of the molecule is CCC(C)NCC1CCCC1(C)C. The van der Waals surface area contributed by atoms with Crippen molar-refractivity contribution in [2.45, 2.75) is 59.4 Å². The van der Waals surface area contributed by atoms with Crippen molar-refractivity contribution in [2.75, 3.05) is 6.54 Å². The van der Waals surface area contributed by atoms with E-state index in [1.807, 2.05) is 0 Å². The lowest BCUT2D eigenvalue weighted by molar-refractivity contribution is 0.245. The van der Waals surface area contributed by atoms with Gasteiger partial charge in [-0.25, -0.2) is 0 Å². The quantitative estimate of drug-likeness (QED) is 0.706. The van der Waals surface area contributed by atoms with E-state index >= 15 is 0 Å². The molecule has 0 saturated heterocycles. The van der Waals surface area contributed by atoms with E-state index in [0.717, 1.165) is 5.92 Å². The third kappa shape index (κ3) is 2.98. The summed E-state index contributed by atoms with van der Waals surface area (Å²) in [6.45, 7) is 10.6. The maximum atomic E-state index is 3.63. The second kappa shape index (κ2) is 4.45. The highest BCUT2D eigenvalue weighted by molar-refractivity contribution is 4.86. The van der Waals surface area contributed by atoms with Crippen LogP contribution in [0.15, 0.2) is 0 Å². The molecule has 0 aromatic rings. The van der Waals surface area contributed by atoms with Gasteiger partial charge in [0.25, 0.3) is 0 Å². The van der Waals surface area contributed by atoms with Crippen LogP contribution >= 0.6 is 0 Å². The molecule has 0 aromatic carbocycles. The van der Waals surface area contributed by atoms with Crippen molar-refractivity contribution < 1.29 is 0 Å². The zero-order valence-corrected chi connectivity index (χ0v) is 9.69. The summed E-state index contributed by atoms with van der Waals surface area (Å²) in [6, 6.07) is 0.691. The first-order valence-electron chi connectivity index (χ1n) is 5.79. The largest absolute Gasteiger partial charge is 0.314 e. The fourth-order valence-electron chi connectivity index (χ4n) is 2.27. The molecule has 2 unspecified atom stereocenters. The van der Waals surface area contributed by atoms with Crippen LogP contribution in [-0.4, -0.2) is 12.6 Å². The van der Waals surface area contributed by atoms with Gasteiger partial charge in [-0.1, -0.05) is 27.2 Å². The van der Waals surface area contributed by atoms with Gasteiger partial charge in [-0.05, 0) is 44.1 Å². The zero-order chi connectivity index (χ0) is 9.90. The fourth-order valence-corrected chi connectivity index (χ4v) is 2.27. The van der Waals surface area contributed by atoms with E-state index in [9.17, 15) is 0 Å². The Balaban J connectivity index is 2.28. The van der Waals surface area contributed by atoms with Crippen molar-refractivity contribution in [2.24, 2.45) is 11.3 Å². The summed E-state index contributed by atoms with van der Waals surface area (Å²) < 4.78 is 0. The Bertz CT molecular complexity index is 151. The van der Waals surface area contributed by atoms with Gasteiger partial charge in [0.15, 0.2) is 0 Å². The average Bonchev–Trinajstić information content (AvgIpc) is 2.41. The first-order chi connectivity index (χ1) is 6.06. The van der Waals surface area contributed by atoms with Crippen molar-refractivity contribution in [3.05, 3.63) is 0 Å². The maximum absolute atomic E-state index is 3.63. The Hall–Kier alpha value is -0.0400. The molecule has 0 aliphatic heterocycles. The molecular weight excluding hydrogens is 158 g/mol. The van der Waals surface area contributed by atoms with E-state index in [1.165, 1.54) is 32.2 Å². The average molecular weight is 183 g/mol. The molecule has 1 nitrogen and oxygen atoms in total. The molecule has 0 spiro atoms. The van der Waals surface area contributed by atoms with Crippen LogP contribution in [0, 0.1) is 11.3 Å². The zero-order valence-electron chi connectivity index (χ0n) is 9.69. The van der Waals surface area contributed by atoms with Crippen LogP contribution in [0.2, 0.25) is 0 Å². The Morgan fingerprint density at radius 3 is 2.62 bits per heavy atom. The molecule has 1 heteroatoms. The molecule has 13 heavy (non-hydrogen) atoms. The van der Waals surface area contributed by atoms with E-state index < -0.39 is 0 Å². The summed E-state index contributed by atoms with van der Waals surface area (Å²) in [6.07, 6.45) is 5.52. The molecule has 2 atom stereocenters. The monoisotopic (exact) mass is 183 g/mol. The van der Waals surface area contributed by atoms with Gasteiger partial charge >= 0.3 is 0 Å². The van der Waals surface area contributed by atoms with E-state index in [-0.39, 0.29) is 0 Å². The third-order valence-electron chi connectivity index (χ3n) is 3.80. The second-order valence-corrected chi connectivity index (χ2v) is 5.30. The number of nitrogens with one attached hydrogen (secondary N) is 1. The Morgan fingerprint density at radius 1 is 1.46 bits per heavy atom. The Morgan fingerprint density at radius 2 is 2.15 bits per heavy atom. The number of hydrogen-bond acceptors (Lipinski definition) is 1. The summed E-state index contributed by atoms with van der Waals surface area (Å²) in [4.78, 5) is 0. The normalized spacial score (nSPS) is 29.1. The lowest BCUT2D eigenvalue weighted by Gasteiger charge is -2.28.